The highest BCUT2D eigenvalue weighted by molar-refractivity contribution is 7.89. The van der Waals surface area contributed by atoms with Gasteiger partial charge in [0.2, 0.25) is 10.0 Å². The van der Waals surface area contributed by atoms with Crippen molar-refractivity contribution in [1.29, 1.82) is 0 Å². The molecule has 4 heterocycles. The van der Waals surface area contributed by atoms with Crippen molar-refractivity contribution < 1.29 is 13.2 Å². The first-order chi connectivity index (χ1) is 19.9. The number of aromatic nitrogens is 1. The predicted molar refractivity (Wildman–Crippen MR) is 164 cm³/mol. The van der Waals surface area contributed by atoms with Crippen molar-refractivity contribution >= 4 is 26.8 Å². The zero-order valence-electron chi connectivity index (χ0n) is 23.9. The number of rotatable bonds is 8. The maximum absolute atomic E-state index is 13.3. The van der Waals surface area contributed by atoms with E-state index in [2.05, 4.69) is 20.9 Å². The van der Waals surface area contributed by atoms with Gasteiger partial charge in [-0.15, -0.1) is 0 Å². The van der Waals surface area contributed by atoms with Gasteiger partial charge in [0.05, 0.1) is 16.8 Å². The summed E-state index contributed by atoms with van der Waals surface area (Å²) >= 11 is 0. The number of carbonyl (C=O) groups excluding carboxylic acids is 1. The number of aromatic amines is 1. The number of hydrogen-bond acceptors (Lipinski definition) is 5. The fourth-order valence-corrected chi connectivity index (χ4v) is 8.71. The third kappa shape index (κ3) is 6.23. The highest BCUT2D eigenvalue weighted by Crippen LogP contribution is 2.37. The zero-order chi connectivity index (χ0) is 28.4. The number of carbonyl (C=O) groups is 1. The van der Waals surface area contributed by atoms with Crippen LogP contribution in [0.4, 0.5) is 0 Å². The van der Waals surface area contributed by atoms with Crippen LogP contribution in [-0.2, 0) is 10.0 Å². The first kappa shape index (κ1) is 28.4. The van der Waals surface area contributed by atoms with Gasteiger partial charge in [-0.1, -0.05) is 36.8 Å². The summed E-state index contributed by atoms with van der Waals surface area (Å²) in [4.78, 5) is 20.6. The molecule has 3 saturated heterocycles. The van der Waals surface area contributed by atoms with Crippen molar-refractivity contribution in [2.24, 2.45) is 5.73 Å². The minimum Gasteiger partial charge on any atom is -0.366 e. The molecule has 1 aromatic heterocycles. The Balaban J connectivity index is 1.07. The molecule has 3 fully saturated rings. The van der Waals surface area contributed by atoms with Gasteiger partial charge < -0.3 is 20.5 Å². The van der Waals surface area contributed by atoms with Crippen LogP contribution in [0.15, 0.2) is 48.7 Å². The van der Waals surface area contributed by atoms with Gasteiger partial charge in [0.1, 0.15) is 0 Å². The van der Waals surface area contributed by atoms with Crippen molar-refractivity contribution in [2.45, 2.75) is 56.9 Å². The van der Waals surface area contributed by atoms with E-state index in [0.29, 0.717) is 31.2 Å². The lowest BCUT2D eigenvalue weighted by atomic mass is 9.88. The Morgan fingerprint density at radius 3 is 2.27 bits per heavy atom. The van der Waals surface area contributed by atoms with E-state index in [1.165, 1.54) is 32.4 Å². The quantitative estimate of drug-likeness (QED) is 0.413. The third-order valence-corrected chi connectivity index (χ3v) is 11.5. The van der Waals surface area contributed by atoms with Crippen molar-refractivity contribution in [3.8, 4) is 11.1 Å². The SMILES string of the molecule is NC(=O)c1cc(-c2ccccc2)cc2c(C3CCN(S(=O)(=O)CCN4CCC(N5CCCCC5)CC4)CC3)c[nH]c12. The van der Waals surface area contributed by atoms with Crippen LogP contribution in [0.3, 0.4) is 0 Å². The summed E-state index contributed by atoms with van der Waals surface area (Å²) in [6.07, 6.45) is 9.80. The number of hydrogen-bond donors (Lipinski definition) is 2. The molecule has 220 valence electrons. The van der Waals surface area contributed by atoms with Crippen LogP contribution < -0.4 is 5.73 Å². The number of nitrogens with zero attached hydrogens (tertiary/aromatic N) is 3. The largest absolute Gasteiger partial charge is 0.366 e. The number of fused-ring (bicyclic) bond motifs is 1. The predicted octanol–water partition coefficient (Wildman–Crippen LogP) is 4.39. The number of benzene rings is 2. The summed E-state index contributed by atoms with van der Waals surface area (Å²) in [6.45, 7) is 6.13. The van der Waals surface area contributed by atoms with Gasteiger partial charge in [-0.05, 0) is 99.4 Å². The average molecular weight is 578 g/mol. The number of piperidine rings is 3. The van der Waals surface area contributed by atoms with E-state index in [4.69, 9.17) is 5.73 Å². The summed E-state index contributed by atoms with van der Waals surface area (Å²) in [7, 11) is -3.30. The molecule has 0 unspecified atom stereocenters. The van der Waals surface area contributed by atoms with Gasteiger partial charge in [0, 0.05) is 37.3 Å². The maximum Gasteiger partial charge on any atom is 0.250 e. The van der Waals surface area contributed by atoms with E-state index in [1.807, 2.05) is 42.6 Å². The fraction of sp³-hybridized carbons (Fsp3) is 0.531. The number of primary amides is 1. The molecule has 1 amide bonds. The first-order valence-corrected chi connectivity index (χ1v) is 16.9. The topological polar surface area (TPSA) is 103 Å². The number of amides is 1. The lowest BCUT2D eigenvalue weighted by Gasteiger charge is -2.40. The third-order valence-electron chi connectivity index (χ3n) is 9.61. The van der Waals surface area contributed by atoms with Crippen LogP contribution in [-0.4, -0.2) is 91.0 Å². The Morgan fingerprint density at radius 2 is 1.59 bits per heavy atom. The Bertz CT molecular complexity index is 1450. The molecular weight excluding hydrogens is 534 g/mol. The van der Waals surface area contributed by atoms with Gasteiger partial charge in [-0.3, -0.25) is 4.79 Å². The van der Waals surface area contributed by atoms with Gasteiger partial charge in [0.15, 0.2) is 0 Å². The van der Waals surface area contributed by atoms with E-state index >= 15 is 0 Å². The molecule has 0 aliphatic carbocycles. The summed E-state index contributed by atoms with van der Waals surface area (Å²) in [5.41, 5.74) is 10.1. The lowest BCUT2D eigenvalue weighted by molar-refractivity contribution is 0.0950. The van der Waals surface area contributed by atoms with Crippen molar-refractivity contribution in [1.82, 2.24) is 19.1 Å². The molecule has 0 saturated carbocycles. The molecule has 0 spiro atoms. The molecule has 2 aromatic carbocycles. The van der Waals surface area contributed by atoms with Crippen LogP contribution in [0, 0.1) is 0 Å². The summed E-state index contributed by atoms with van der Waals surface area (Å²) in [6, 6.07) is 14.6. The Kier molecular flexibility index (Phi) is 8.49. The van der Waals surface area contributed by atoms with E-state index in [9.17, 15) is 13.2 Å². The van der Waals surface area contributed by atoms with Crippen LogP contribution in [0.5, 0.6) is 0 Å². The number of nitrogens with two attached hydrogens (primary N) is 1. The second-order valence-corrected chi connectivity index (χ2v) is 14.2. The number of nitrogens with one attached hydrogen (secondary N) is 1. The molecule has 8 nitrogen and oxygen atoms in total. The van der Waals surface area contributed by atoms with Crippen LogP contribution in [0.2, 0.25) is 0 Å². The Morgan fingerprint density at radius 1 is 0.878 bits per heavy atom. The molecule has 3 aliphatic heterocycles. The van der Waals surface area contributed by atoms with Crippen molar-refractivity contribution in [3.05, 3.63) is 59.8 Å². The monoisotopic (exact) mass is 577 g/mol. The molecule has 3 aromatic rings. The maximum atomic E-state index is 13.3. The summed E-state index contributed by atoms with van der Waals surface area (Å²) in [5, 5.41) is 0.995. The molecule has 9 heteroatoms. The smallest absolute Gasteiger partial charge is 0.250 e. The number of sulfonamides is 1. The zero-order valence-corrected chi connectivity index (χ0v) is 24.7. The van der Waals surface area contributed by atoms with E-state index < -0.39 is 15.9 Å². The van der Waals surface area contributed by atoms with Crippen LogP contribution >= 0.6 is 0 Å². The second-order valence-electron chi connectivity index (χ2n) is 12.1. The van der Waals surface area contributed by atoms with Gasteiger partial charge >= 0.3 is 0 Å². The molecule has 3 N–H and O–H groups in total. The van der Waals surface area contributed by atoms with Gasteiger partial charge in [-0.25, -0.2) is 12.7 Å². The summed E-state index contributed by atoms with van der Waals surface area (Å²) < 4.78 is 28.3. The normalized spacial score (nSPS) is 21.0. The van der Waals surface area contributed by atoms with Crippen LogP contribution in [0.25, 0.3) is 22.0 Å². The molecule has 0 bridgehead atoms. The standard InChI is InChI=1S/C32H43N5O3S/c33-32(38)29-22-26(24-7-3-1-4-8-24)21-28-30(23-34-31(28)29)25-9-17-37(18-10-25)41(39,40)20-19-35-15-11-27(12-16-35)36-13-5-2-6-14-36/h1,3-4,7-8,21-23,25,27,34H,2,5-6,9-20H2,(H2,33,38). The van der Waals surface area contributed by atoms with Crippen molar-refractivity contribution in [2.75, 3.05) is 51.6 Å². The molecule has 41 heavy (non-hydrogen) atoms. The number of H-pyrrole nitrogens is 1. The second kappa shape index (κ2) is 12.3. The minimum atomic E-state index is -3.30. The highest BCUT2D eigenvalue weighted by atomic mass is 32.2. The van der Waals surface area contributed by atoms with E-state index in [-0.39, 0.29) is 11.7 Å². The Labute approximate surface area is 243 Å². The summed E-state index contributed by atoms with van der Waals surface area (Å²) in [5.74, 6) is -0.0461. The average Bonchev–Trinajstić information content (AvgIpc) is 3.45. The van der Waals surface area contributed by atoms with E-state index in [0.717, 1.165) is 66.4 Å². The van der Waals surface area contributed by atoms with Crippen molar-refractivity contribution in [3.63, 3.8) is 0 Å². The highest BCUT2D eigenvalue weighted by Gasteiger charge is 2.31. The van der Waals surface area contributed by atoms with E-state index in [1.54, 1.807) is 4.31 Å². The number of likely N-dealkylation sites (tertiary alicyclic amines) is 2. The molecule has 0 radical (unpaired) electrons. The van der Waals surface area contributed by atoms with Gasteiger partial charge in [0.25, 0.3) is 5.91 Å². The Hall–Kier alpha value is -2.72. The van der Waals surface area contributed by atoms with Crippen LogP contribution in [0.1, 0.15) is 66.8 Å². The minimum absolute atomic E-state index is 0.196. The fourth-order valence-electron chi connectivity index (χ4n) is 7.19. The first-order valence-electron chi connectivity index (χ1n) is 15.3. The lowest BCUT2D eigenvalue weighted by Crippen LogP contribution is -2.48. The molecular formula is C32H43N5O3S. The molecule has 3 aliphatic rings. The molecule has 6 rings (SSSR count). The molecule has 0 atom stereocenters. The van der Waals surface area contributed by atoms with Gasteiger partial charge in [-0.2, -0.15) is 0 Å².